The number of halogens is 1. The number of rotatable bonds is 6. The van der Waals surface area contributed by atoms with Crippen LogP contribution in [0.4, 0.5) is 0 Å². The average Bonchev–Trinajstić information content (AvgIpc) is 2.66. The van der Waals surface area contributed by atoms with Gasteiger partial charge in [0.15, 0.2) is 5.78 Å². The summed E-state index contributed by atoms with van der Waals surface area (Å²) in [6.07, 6.45) is 2.07. The summed E-state index contributed by atoms with van der Waals surface area (Å²) in [6, 6.07) is 13.3. The lowest BCUT2D eigenvalue weighted by Crippen LogP contribution is -2.32. The van der Waals surface area contributed by atoms with Crippen LogP contribution in [-0.4, -0.2) is 18.3 Å². The van der Waals surface area contributed by atoms with Gasteiger partial charge in [0.05, 0.1) is 12.6 Å². The topological polar surface area (TPSA) is 55.4 Å². The van der Waals surface area contributed by atoms with Gasteiger partial charge in [-0.05, 0) is 30.2 Å². The van der Waals surface area contributed by atoms with Crippen LogP contribution in [0.3, 0.4) is 0 Å². The zero-order valence-corrected chi connectivity index (χ0v) is 16.3. The van der Waals surface area contributed by atoms with Gasteiger partial charge in [-0.25, -0.2) is 0 Å². The lowest BCUT2D eigenvalue weighted by molar-refractivity contribution is -0.122. The molecule has 0 saturated heterocycles. The standard InChI is InChI=1S/C21H22BrNO3/c1-2-14-3-5-15(6-4-14)19(24)8-10-21(25)23-18-11-12-26-20-9-7-16(22)13-17(18)20/h3-7,9,13,18H,2,8,10-12H2,1H3,(H,23,25). The van der Waals surface area contributed by atoms with Gasteiger partial charge in [0.25, 0.3) is 0 Å². The second-order valence-electron chi connectivity index (χ2n) is 6.41. The fraction of sp³-hybridized carbons (Fsp3) is 0.333. The minimum absolute atomic E-state index is 0.00192. The predicted octanol–water partition coefficient (Wildman–Crippen LogP) is 4.61. The van der Waals surface area contributed by atoms with Crippen molar-refractivity contribution in [3.63, 3.8) is 0 Å². The molecule has 0 radical (unpaired) electrons. The molecule has 0 fully saturated rings. The van der Waals surface area contributed by atoms with E-state index >= 15 is 0 Å². The molecule has 1 heterocycles. The summed E-state index contributed by atoms with van der Waals surface area (Å²) in [5.74, 6) is 0.691. The van der Waals surface area contributed by atoms with Crippen molar-refractivity contribution < 1.29 is 14.3 Å². The highest BCUT2D eigenvalue weighted by Crippen LogP contribution is 2.34. The van der Waals surface area contributed by atoms with Gasteiger partial charge in [0.2, 0.25) is 5.91 Å². The maximum Gasteiger partial charge on any atom is 0.220 e. The third kappa shape index (κ3) is 4.52. The number of fused-ring (bicyclic) bond motifs is 1. The van der Waals surface area contributed by atoms with Crippen LogP contribution in [0.5, 0.6) is 5.75 Å². The number of carbonyl (C=O) groups excluding carboxylic acids is 2. The minimum atomic E-state index is -0.110. The summed E-state index contributed by atoms with van der Waals surface area (Å²) in [5.41, 5.74) is 2.83. The monoisotopic (exact) mass is 415 g/mol. The van der Waals surface area contributed by atoms with Crippen molar-refractivity contribution in [3.05, 3.63) is 63.6 Å². The molecule has 5 heteroatoms. The van der Waals surface area contributed by atoms with E-state index in [2.05, 4.69) is 28.2 Å². The van der Waals surface area contributed by atoms with Crippen LogP contribution in [0.25, 0.3) is 0 Å². The molecule has 2 aromatic carbocycles. The fourth-order valence-corrected chi connectivity index (χ4v) is 3.46. The molecular formula is C21H22BrNO3. The Bertz CT molecular complexity index is 801. The maximum absolute atomic E-state index is 12.3. The molecule has 1 unspecified atom stereocenters. The van der Waals surface area contributed by atoms with Gasteiger partial charge in [-0.1, -0.05) is 47.1 Å². The molecule has 1 amide bonds. The van der Waals surface area contributed by atoms with Crippen molar-refractivity contribution in [2.45, 2.75) is 38.6 Å². The zero-order valence-electron chi connectivity index (χ0n) is 14.8. The highest BCUT2D eigenvalue weighted by atomic mass is 79.9. The molecule has 26 heavy (non-hydrogen) atoms. The van der Waals surface area contributed by atoms with E-state index < -0.39 is 0 Å². The fourth-order valence-electron chi connectivity index (χ4n) is 3.08. The third-order valence-corrected chi connectivity index (χ3v) is 5.10. The van der Waals surface area contributed by atoms with Crippen LogP contribution in [-0.2, 0) is 11.2 Å². The van der Waals surface area contributed by atoms with Gasteiger partial charge in [0, 0.05) is 34.9 Å². The van der Waals surface area contributed by atoms with E-state index in [-0.39, 0.29) is 30.6 Å². The first kappa shape index (κ1) is 18.6. The van der Waals surface area contributed by atoms with Crippen molar-refractivity contribution in [3.8, 4) is 5.75 Å². The van der Waals surface area contributed by atoms with Crippen LogP contribution in [0.2, 0.25) is 0 Å². The summed E-state index contributed by atoms with van der Waals surface area (Å²) in [7, 11) is 0. The number of carbonyl (C=O) groups is 2. The molecule has 4 nitrogen and oxygen atoms in total. The highest BCUT2D eigenvalue weighted by molar-refractivity contribution is 9.10. The van der Waals surface area contributed by atoms with Crippen molar-refractivity contribution in [2.24, 2.45) is 0 Å². The highest BCUT2D eigenvalue weighted by Gasteiger charge is 2.23. The summed E-state index contributed by atoms with van der Waals surface area (Å²) >= 11 is 3.46. The lowest BCUT2D eigenvalue weighted by Gasteiger charge is -2.27. The Morgan fingerprint density at radius 2 is 1.92 bits per heavy atom. The van der Waals surface area contributed by atoms with E-state index in [4.69, 9.17) is 4.74 Å². The minimum Gasteiger partial charge on any atom is -0.493 e. The summed E-state index contributed by atoms with van der Waals surface area (Å²) in [5, 5.41) is 3.04. The number of aryl methyl sites for hydroxylation is 1. The van der Waals surface area contributed by atoms with E-state index in [1.54, 1.807) is 0 Å². The summed E-state index contributed by atoms with van der Waals surface area (Å²) in [6.45, 7) is 2.65. The number of hydrogen-bond acceptors (Lipinski definition) is 3. The molecule has 1 aliphatic rings. The van der Waals surface area contributed by atoms with Crippen LogP contribution < -0.4 is 10.1 Å². The number of benzene rings is 2. The number of hydrogen-bond donors (Lipinski definition) is 1. The quantitative estimate of drug-likeness (QED) is 0.700. The molecule has 0 aliphatic carbocycles. The normalized spacial score (nSPS) is 15.7. The molecule has 1 atom stereocenters. The van der Waals surface area contributed by atoms with Crippen LogP contribution in [0.1, 0.15) is 53.7 Å². The Hall–Kier alpha value is -2.14. The number of Topliss-reactive ketones (excluding diaryl/α,β-unsaturated/α-hetero) is 1. The van der Waals surface area contributed by atoms with Gasteiger partial charge in [0.1, 0.15) is 5.75 Å². The van der Waals surface area contributed by atoms with E-state index in [0.717, 1.165) is 28.6 Å². The molecule has 0 spiro atoms. The van der Waals surface area contributed by atoms with Gasteiger partial charge in [-0.15, -0.1) is 0 Å². The number of ether oxygens (including phenoxy) is 1. The van der Waals surface area contributed by atoms with Crippen molar-refractivity contribution in [2.75, 3.05) is 6.61 Å². The molecule has 1 aliphatic heterocycles. The summed E-state index contributed by atoms with van der Waals surface area (Å²) in [4.78, 5) is 24.6. The number of amides is 1. The van der Waals surface area contributed by atoms with Gasteiger partial charge in [-0.3, -0.25) is 9.59 Å². The second kappa shape index (κ2) is 8.49. The van der Waals surface area contributed by atoms with Crippen molar-refractivity contribution in [1.29, 1.82) is 0 Å². The molecule has 2 aromatic rings. The van der Waals surface area contributed by atoms with Crippen LogP contribution >= 0.6 is 15.9 Å². The van der Waals surface area contributed by atoms with E-state index in [9.17, 15) is 9.59 Å². The van der Waals surface area contributed by atoms with E-state index in [0.29, 0.717) is 12.2 Å². The van der Waals surface area contributed by atoms with Crippen molar-refractivity contribution in [1.82, 2.24) is 5.32 Å². The van der Waals surface area contributed by atoms with E-state index in [1.807, 2.05) is 42.5 Å². The maximum atomic E-state index is 12.3. The molecule has 136 valence electrons. The molecular weight excluding hydrogens is 394 g/mol. The van der Waals surface area contributed by atoms with Gasteiger partial charge in [-0.2, -0.15) is 0 Å². The average molecular weight is 416 g/mol. The molecule has 3 rings (SSSR count). The Balaban J connectivity index is 1.56. The van der Waals surface area contributed by atoms with Gasteiger partial charge >= 0.3 is 0 Å². The van der Waals surface area contributed by atoms with Gasteiger partial charge < -0.3 is 10.1 Å². The predicted molar refractivity (Wildman–Crippen MR) is 105 cm³/mol. The second-order valence-corrected chi connectivity index (χ2v) is 7.33. The third-order valence-electron chi connectivity index (χ3n) is 4.61. The summed E-state index contributed by atoms with van der Waals surface area (Å²) < 4.78 is 6.59. The zero-order chi connectivity index (χ0) is 18.5. The Kier molecular flexibility index (Phi) is 6.09. The Labute approximate surface area is 162 Å². The Morgan fingerprint density at radius 1 is 1.15 bits per heavy atom. The number of nitrogens with one attached hydrogen (secondary N) is 1. The number of ketones is 1. The first-order valence-corrected chi connectivity index (χ1v) is 9.70. The first-order valence-electron chi connectivity index (χ1n) is 8.90. The molecule has 0 bridgehead atoms. The van der Waals surface area contributed by atoms with Crippen molar-refractivity contribution >= 4 is 27.6 Å². The molecule has 0 aromatic heterocycles. The smallest absolute Gasteiger partial charge is 0.220 e. The molecule has 1 N–H and O–H groups in total. The van der Waals surface area contributed by atoms with E-state index in [1.165, 1.54) is 5.56 Å². The van der Waals surface area contributed by atoms with Crippen LogP contribution in [0.15, 0.2) is 46.9 Å². The lowest BCUT2D eigenvalue weighted by atomic mass is 10.00. The molecule has 0 saturated carbocycles. The Morgan fingerprint density at radius 3 is 2.65 bits per heavy atom. The first-order chi connectivity index (χ1) is 12.6. The SMILES string of the molecule is CCc1ccc(C(=O)CCC(=O)NC2CCOc3ccc(Br)cc32)cc1. The van der Waals surface area contributed by atoms with Crippen LogP contribution in [0, 0.1) is 0 Å². The largest absolute Gasteiger partial charge is 0.493 e.